The average molecular weight is 224 g/mol. The zero-order chi connectivity index (χ0) is 11.6. The van der Waals surface area contributed by atoms with Gasteiger partial charge in [-0.25, -0.2) is 4.39 Å². The Balaban J connectivity index is 3.13. The molecule has 3 nitrogen and oxygen atoms in total. The minimum absolute atomic E-state index is 0.353. The van der Waals surface area contributed by atoms with E-state index in [1.165, 1.54) is 0 Å². The molecule has 0 aliphatic rings. The summed E-state index contributed by atoms with van der Waals surface area (Å²) in [5, 5.41) is 8.24. The number of halogens is 5. The van der Waals surface area contributed by atoms with Gasteiger partial charge in [0, 0.05) is 6.07 Å². The number of ether oxygens (including phenoxy) is 1. The molecular formula is C7HF5N2O. The van der Waals surface area contributed by atoms with E-state index in [4.69, 9.17) is 5.26 Å². The van der Waals surface area contributed by atoms with Crippen LogP contribution in [0.2, 0.25) is 0 Å². The van der Waals surface area contributed by atoms with Crippen molar-refractivity contribution in [3.63, 3.8) is 0 Å². The third-order valence-corrected chi connectivity index (χ3v) is 1.23. The highest BCUT2D eigenvalue weighted by Gasteiger charge is 2.32. The number of nitrogens with zero attached hydrogens (tertiary/aromatic N) is 2. The highest BCUT2D eigenvalue weighted by atomic mass is 19.4. The molecule has 8 heteroatoms. The van der Waals surface area contributed by atoms with Crippen molar-refractivity contribution in [2.75, 3.05) is 0 Å². The Hall–Kier alpha value is -1.91. The van der Waals surface area contributed by atoms with Gasteiger partial charge in [-0.05, 0) is 0 Å². The van der Waals surface area contributed by atoms with Crippen LogP contribution in [-0.4, -0.2) is 11.3 Å². The van der Waals surface area contributed by atoms with E-state index < -0.39 is 29.6 Å². The molecule has 0 fully saturated rings. The molecule has 0 saturated heterocycles. The highest BCUT2D eigenvalue weighted by molar-refractivity contribution is 5.33. The highest BCUT2D eigenvalue weighted by Crippen LogP contribution is 2.23. The van der Waals surface area contributed by atoms with E-state index in [0.29, 0.717) is 6.07 Å². The van der Waals surface area contributed by atoms with Crippen molar-refractivity contribution >= 4 is 0 Å². The van der Waals surface area contributed by atoms with Crippen LogP contribution in [0.4, 0.5) is 22.0 Å². The average Bonchev–Trinajstić information content (AvgIpc) is 2.08. The van der Waals surface area contributed by atoms with Gasteiger partial charge in [0.25, 0.3) is 5.95 Å². The van der Waals surface area contributed by atoms with Crippen molar-refractivity contribution in [2.45, 2.75) is 6.36 Å². The van der Waals surface area contributed by atoms with Crippen LogP contribution in [-0.2, 0) is 0 Å². The summed E-state index contributed by atoms with van der Waals surface area (Å²) in [5.74, 6) is -4.67. The summed E-state index contributed by atoms with van der Waals surface area (Å²) in [4.78, 5) is 2.53. The van der Waals surface area contributed by atoms with E-state index in [1.54, 1.807) is 0 Å². The first-order valence-electron chi connectivity index (χ1n) is 3.35. The molecule has 0 bridgehead atoms. The van der Waals surface area contributed by atoms with Crippen LogP contribution in [0.5, 0.6) is 5.88 Å². The maximum Gasteiger partial charge on any atom is 0.574 e. The maximum absolute atomic E-state index is 12.6. The standard InChI is InChI=1S/C7HF5N2O/c8-5-3(2-13)1-4(14-6(5)9)15-7(10,11)12/h1H. The zero-order valence-corrected chi connectivity index (χ0v) is 6.77. The summed E-state index contributed by atoms with van der Waals surface area (Å²) in [7, 11) is 0. The monoisotopic (exact) mass is 224 g/mol. The molecule has 0 saturated carbocycles. The molecule has 0 atom stereocenters. The Kier molecular flexibility index (Phi) is 2.74. The smallest absolute Gasteiger partial charge is 0.388 e. The van der Waals surface area contributed by atoms with Crippen LogP contribution < -0.4 is 4.74 Å². The lowest BCUT2D eigenvalue weighted by Gasteiger charge is -2.07. The molecule has 1 heterocycles. The van der Waals surface area contributed by atoms with Gasteiger partial charge in [0.1, 0.15) is 6.07 Å². The van der Waals surface area contributed by atoms with Gasteiger partial charge < -0.3 is 4.74 Å². The van der Waals surface area contributed by atoms with Crippen molar-refractivity contribution in [1.82, 2.24) is 4.98 Å². The minimum atomic E-state index is -5.08. The van der Waals surface area contributed by atoms with Crippen LogP contribution in [0.1, 0.15) is 5.56 Å². The lowest BCUT2D eigenvalue weighted by Crippen LogP contribution is -2.18. The van der Waals surface area contributed by atoms with E-state index in [-0.39, 0.29) is 0 Å². The van der Waals surface area contributed by atoms with Gasteiger partial charge in [0.2, 0.25) is 5.88 Å². The van der Waals surface area contributed by atoms with Crippen LogP contribution in [0, 0.1) is 23.1 Å². The van der Waals surface area contributed by atoms with Gasteiger partial charge in [-0.15, -0.1) is 13.2 Å². The number of hydrogen-bond acceptors (Lipinski definition) is 3. The van der Waals surface area contributed by atoms with E-state index in [1.807, 2.05) is 0 Å². The molecule has 0 aromatic carbocycles. The van der Waals surface area contributed by atoms with Crippen molar-refractivity contribution in [1.29, 1.82) is 5.26 Å². The molecule has 0 N–H and O–H groups in total. The molecule has 1 aromatic heterocycles. The molecule has 0 radical (unpaired) electrons. The lowest BCUT2D eigenvalue weighted by molar-refractivity contribution is -0.276. The Morgan fingerprint density at radius 1 is 1.33 bits per heavy atom. The summed E-state index contributed by atoms with van der Waals surface area (Å²) < 4.78 is 63.3. The Bertz CT molecular complexity index is 423. The summed E-state index contributed by atoms with van der Waals surface area (Å²) in [6.07, 6.45) is -5.08. The van der Waals surface area contributed by atoms with E-state index in [0.717, 1.165) is 6.07 Å². The largest absolute Gasteiger partial charge is 0.574 e. The second kappa shape index (κ2) is 3.68. The van der Waals surface area contributed by atoms with E-state index >= 15 is 0 Å². The molecule has 0 aliphatic carbocycles. The third-order valence-electron chi connectivity index (χ3n) is 1.23. The van der Waals surface area contributed by atoms with E-state index in [9.17, 15) is 22.0 Å². The summed E-state index contributed by atoms with van der Waals surface area (Å²) in [5.41, 5.74) is -0.915. The first kappa shape index (κ1) is 11.2. The number of alkyl halides is 3. The number of nitriles is 1. The summed E-state index contributed by atoms with van der Waals surface area (Å²) in [6.45, 7) is 0. The summed E-state index contributed by atoms with van der Waals surface area (Å²) in [6, 6.07) is 1.51. The quantitative estimate of drug-likeness (QED) is 0.542. The van der Waals surface area contributed by atoms with Gasteiger partial charge in [0.05, 0.1) is 5.56 Å². The zero-order valence-electron chi connectivity index (χ0n) is 6.77. The van der Waals surface area contributed by atoms with Crippen molar-refractivity contribution < 1.29 is 26.7 Å². The van der Waals surface area contributed by atoms with Gasteiger partial charge in [0.15, 0.2) is 5.82 Å². The number of aromatic nitrogens is 1. The Morgan fingerprint density at radius 2 is 1.93 bits per heavy atom. The van der Waals surface area contributed by atoms with Crippen molar-refractivity contribution in [3.8, 4) is 11.9 Å². The number of pyridine rings is 1. The van der Waals surface area contributed by atoms with Gasteiger partial charge >= 0.3 is 6.36 Å². The SMILES string of the molecule is N#Cc1cc(OC(F)(F)F)nc(F)c1F. The van der Waals surface area contributed by atoms with E-state index in [2.05, 4.69) is 9.72 Å². The Labute approximate surface area is 79.7 Å². The fraction of sp³-hybridized carbons (Fsp3) is 0.143. The Morgan fingerprint density at radius 3 is 2.40 bits per heavy atom. The number of rotatable bonds is 1. The number of hydrogen-bond donors (Lipinski definition) is 0. The first-order valence-corrected chi connectivity index (χ1v) is 3.35. The fourth-order valence-electron chi connectivity index (χ4n) is 0.728. The molecule has 1 aromatic rings. The molecular weight excluding hydrogens is 223 g/mol. The van der Waals surface area contributed by atoms with Crippen LogP contribution in [0.25, 0.3) is 0 Å². The molecule has 0 unspecified atom stereocenters. The fourth-order valence-corrected chi connectivity index (χ4v) is 0.728. The van der Waals surface area contributed by atoms with Crippen LogP contribution >= 0.6 is 0 Å². The second-order valence-corrected chi connectivity index (χ2v) is 2.27. The topological polar surface area (TPSA) is 45.9 Å². The van der Waals surface area contributed by atoms with Crippen molar-refractivity contribution in [2.24, 2.45) is 0 Å². The normalized spacial score (nSPS) is 10.9. The lowest BCUT2D eigenvalue weighted by atomic mass is 10.3. The van der Waals surface area contributed by atoms with Gasteiger partial charge in [-0.1, -0.05) is 0 Å². The predicted molar refractivity (Wildman–Crippen MR) is 35.6 cm³/mol. The minimum Gasteiger partial charge on any atom is -0.388 e. The third kappa shape index (κ3) is 2.77. The first-order chi connectivity index (χ1) is 6.83. The molecule has 15 heavy (non-hydrogen) atoms. The van der Waals surface area contributed by atoms with Gasteiger partial charge in [-0.3, -0.25) is 0 Å². The molecule has 1 rings (SSSR count). The predicted octanol–water partition coefficient (Wildman–Crippen LogP) is 2.13. The molecule has 80 valence electrons. The molecule has 0 spiro atoms. The summed E-state index contributed by atoms with van der Waals surface area (Å²) >= 11 is 0. The second-order valence-electron chi connectivity index (χ2n) is 2.27. The molecule has 0 amide bonds. The van der Waals surface area contributed by atoms with Crippen molar-refractivity contribution in [3.05, 3.63) is 23.4 Å². The molecule has 0 aliphatic heterocycles. The van der Waals surface area contributed by atoms with Crippen LogP contribution in [0.3, 0.4) is 0 Å². The van der Waals surface area contributed by atoms with Crippen LogP contribution in [0.15, 0.2) is 6.07 Å². The van der Waals surface area contributed by atoms with Gasteiger partial charge in [-0.2, -0.15) is 14.6 Å². The maximum atomic E-state index is 12.6.